The second kappa shape index (κ2) is 8.44. The second-order valence-corrected chi connectivity index (χ2v) is 5.95. The van der Waals surface area contributed by atoms with Crippen LogP contribution in [-0.4, -0.2) is 20.8 Å². The number of aromatic nitrogens is 2. The van der Waals surface area contributed by atoms with Gasteiger partial charge in [0.1, 0.15) is 18.0 Å². The van der Waals surface area contributed by atoms with E-state index < -0.39 is 28.2 Å². The average Bonchev–Trinajstić information content (AvgIpc) is 2.68. The van der Waals surface area contributed by atoms with Gasteiger partial charge in [-0.05, 0) is 30.3 Å². The first kappa shape index (κ1) is 19.9. The molecule has 3 N–H and O–H groups in total. The number of benzene rings is 2. The number of carbonyl (C=O) groups is 1. The molecule has 1 heterocycles. The smallest absolute Gasteiger partial charge is 0.332 e. The van der Waals surface area contributed by atoms with E-state index in [1.54, 1.807) is 12.1 Å². The molecular weight excluding hydrogens is 410 g/mol. The third-order valence-corrected chi connectivity index (χ3v) is 3.81. The van der Waals surface area contributed by atoms with Gasteiger partial charge < -0.3 is 5.32 Å². The number of halogens is 3. The van der Waals surface area contributed by atoms with Crippen molar-refractivity contribution >= 4 is 40.5 Å². The van der Waals surface area contributed by atoms with Crippen molar-refractivity contribution in [2.24, 2.45) is 0 Å². The molecule has 1 amide bonds. The van der Waals surface area contributed by atoms with Crippen LogP contribution in [0.25, 0.3) is 0 Å². The SMILES string of the molecule is O=C(NNc1ncnc(Nc2ccc(F)cc2F)c1[N+](=O)[O-])c1cccc(Cl)c1. The van der Waals surface area contributed by atoms with E-state index in [1.807, 2.05) is 0 Å². The van der Waals surface area contributed by atoms with Gasteiger partial charge in [-0.25, -0.2) is 18.7 Å². The van der Waals surface area contributed by atoms with E-state index >= 15 is 0 Å². The Balaban J connectivity index is 1.85. The van der Waals surface area contributed by atoms with Crippen LogP contribution in [-0.2, 0) is 0 Å². The second-order valence-electron chi connectivity index (χ2n) is 5.52. The zero-order valence-corrected chi connectivity index (χ0v) is 15.1. The molecule has 0 unspecified atom stereocenters. The molecule has 12 heteroatoms. The van der Waals surface area contributed by atoms with Crippen molar-refractivity contribution < 1.29 is 18.5 Å². The van der Waals surface area contributed by atoms with Crippen molar-refractivity contribution in [1.82, 2.24) is 15.4 Å². The van der Waals surface area contributed by atoms with Gasteiger partial charge in [0, 0.05) is 16.7 Å². The fraction of sp³-hybridized carbons (Fsp3) is 0. The highest BCUT2D eigenvalue weighted by molar-refractivity contribution is 6.30. The summed E-state index contributed by atoms with van der Waals surface area (Å²) in [6.45, 7) is 0. The Morgan fingerprint density at radius 2 is 1.86 bits per heavy atom. The zero-order chi connectivity index (χ0) is 21.0. The van der Waals surface area contributed by atoms with Crippen molar-refractivity contribution in [3.8, 4) is 0 Å². The summed E-state index contributed by atoms with van der Waals surface area (Å²) >= 11 is 5.82. The van der Waals surface area contributed by atoms with Crippen molar-refractivity contribution in [3.63, 3.8) is 0 Å². The Labute approximate surface area is 166 Å². The Morgan fingerprint density at radius 1 is 1.10 bits per heavy atom. The van der Waals surface area contributed by atoms with Crippen molar-refractivity contribution in [3.05, 3.63) is 81.1 Å². The number of hydrazine groups is 1. The van der Waals surface area contributed by atoms with Gasteiger partial charge >= 0.3 is 5.69 Å². The minimum Gasteiger partial charge on any atom is -0.332 e. The number of amides is 1. The van der Waals surface area contributed by atoms with E-state index in [9.17, 15) is 23.7 Å². The van der Waals surface area contributed by atoms with Crippen LogP contribution in [0.5, 0.6) is 0 Å². The molecule has 148 valence electrons. The van der Waals surface area contributed by atoms with Gasteiger partial charge in [0.2, 0.25) is 11.6 Å². The summed E-state index contributed by atoms with van der Waals surface area (Å²) in [5, 5.41) is 14.2. The van der Waals surface area contributed by atoms with Gasteiger partial charge in [0.15, 0.2) is 0 Å². The molecule has 0 atom stereocenters. The van der Waals surface area contributed by atoms with Crippen molar-refractivity contribution in [2.75, 3.05) is 10.7 Å². The van der Waals surface area contributed by atoms with Crippen LogP contribution >= 0.6 is 11.6 Å². The average molecular weight is 421 g/mol. The lowest BCUT2D eigenvalue weighted by molar-refractivity contribution is -0.383. The minimum atomic E-state index is -0.971. The lowest BCUT2D eigenvalue weighted by Gasteiger charge is -2.11. The molecule has 2 aromatic carbocycles. The van der Waals surface area contributed by atoms with Crippen molar-refractivity contribution in [2.45, 2.75) is 0 Å². The van der Waals surface area contributed by atoms with E-state index in [1.165, 1.54) is 12.1 Å². The zero-order valence-electron chi connectivity index (χ0n) is 14.3. The molecule has 0 saturated carbocycles. The maximum Gasteiger partial charge on any atom is 0.355 e. The highest BCUT2D eigenvalue weighted by Crippen LogP contribution is 2.31. The van der Waals surface area contributed by atoms with Gasteiger partial charge in [-0.15, -0.1) is 0 Å². The maximum atomic E-state index is 13.8. The number of anilines is 3. The first-order valence-electron chi connectivity index (χ1n) is 7.88. The van der Waals surface area contributed by atoms with E-state index in [0.717, 1.165) is 18.5 Å². The summed E-state index contributed by atoms with van der Waals surface area (Å²) in [6.07, 6.45) is 0.963. The highest BCUT2D eigenvalue weighted by Gasteiger charge is 2.24. The lowest BCUT2D eigenvalue weighted by atomic mass is 10.2. The number of hydrogen-bond acceptors (Lipinski definition) is 7. The van der Waals surface area contributed by atoms with Crippen LogP contribution < -0.4 is 16.2 Å². The molecule has 0 aliphatic rings. The molecule has 0 aliphatic carbocycles. The van der Waals surface area contributed by atoms with Crippen LogP contribution in [0.3, 0.4) is 0 Å². The number of rotatable bonds is 6. The van der Waals surface area contributed by atoms with Crippen molar-refractivity contribution in [1.29, 1.82) is 0 Å². The Bertz CT molecular complexity index is 1100. The molecule has 9 nitrogen and oxygen atoms in total. The van der Waals surface area contributed by atoms with Crippen LogP contribution in [0.2, 0.25) is 5.02 Å². The molecule has 1 aromatic heterocycles. The molecule has 0 aliphatic heterocycles. The van der Waals surface area contributed by atoms with Crippen LogP contribution in [0, 0.1) is 21.7 Å². The first-order valence-corrected chi connectivity index (χ1v) is 8.26. The summed E-state index contributed by atoms with van der Waals surface area (Å²) in [6, 6.07) is 8.67. The molecule has 0 fully saturated rings. The summed E-state index contributed by atoms with van der Waals surface area (Å²) in [5.41, 5.74) is 3.89. The quantitative estimate of drug-likeness (QED) is 0.409. The normalized spacial score (nSPS) is 10.3. The molecule has 0 spiro atoms. The van der Waals surface area contributed by atoms with Gasteiger partial charge in [-0.3, -0.25) is 25.8 Å². The summed E-state index contributed by atoms with van der Waals surface area (Å²) < 4.78 is 26.9. The fourth-order valence-corrected chi connectivity index (χ4v) is 2.46. The first-order chi connectivity index (χ1) is 13.8. The van der Waals surface area contributed by atoms with Gasteiger partial charge in [0.25, 0.3) is 5.91 Å². The van der Waals surface area contributed by atoms with Gasteiger partial charge in [0.05, 0.1) is 10.6 Å². The van der Waals surface area contributed by atoms with Gasteiger partial charge in [-0.1, -0.05) is 17.7 Å². The predicted molar refractivity (Wildman–Crippen MR) is 101 cm³/mol. The lowest BCUT2D eigenvalue weighted by Crippen LogP contribution is -2.30. The monoisotopic (exact) mass is 420 g/mol. The van der Waals surface area contributed by atoms with Gasteiger partial charge in [-0.2, -0.15) is 0 Å². The molecule has 3 rings (SSSR count). The summed E-state index contributed by atoms with van der Waals surface area (Å²) in [5.74, 6) is -3.13. The molecule has 3 aromatic rings. The fourth-order valence-electron chi connectivity index (χ4n) is 2.27. The Morgan fingerprint density at radius 3 is 2.55 bits per heavy atom. The Kier molecular flexibility index (Phi) is 5.79. The molecule has 0 saturated heterocycles. The van der Waals surface area contributed by atoms with Crippen LogP contribution in [0.1, 0.15) is 10.4 Å². The summed E-state index contributed by atoms with van der Waals surface area (Å²) in [7, 11) is 0. The largest absolute Gasteiger partial charge is 0.355 e. The maximum absolute atomic E-state index is 13.8. The topological polar surface area (TPSA) is 122 Å². The number of carbonyl (C=O) groups excluding carboxylic acids is 1. The predicted octanol–water partition coefficient (Wildman–Crippen LogP) is 3.82. The standard InChI is InChI=1S/C17H11ClF2N6O3/c18-10-3-1-2-9(6-10)17(27)25-24-16-14(26(28)29)15(21-8-22-16)23-13-5-4-11(19)7-12(13)20/h1-8H,(H,25,27)(H2,21,22,23,24). The number of nitrogens with one attached hydrogen (secondary N) is 3. The molecule has 0 bridgehead atoms. The molecule has 29 heavy (non-hydrogen) atoms. The number of nitrogens with zero attached hydrogens (tertiary/aromatic N) is 3. The number of nitro groups is 1. The van der Waals surface area contributed by atoms with E-state index in [2.05, 4.69) is 26.1 Å². The Hall–Kier alpha value is -3.86. The highest BCUT2D eigenvalue weighted by atomic mass is 35.5. The molecular formula is C17H11ClF2N6O3. The van der Waals surface area contributed by atoms with E-state index in [0.29, 0.717) is 11.1 Å². The third-order valence-electron chi connectivity index (χ3n) is 3.57. The summed E-state index contributed by atoms with van der Waals surface area (Å²) in [4.78, 5) is 30.3. The van der Waals surface area contributed by atoms with Crippen LogP contribution in [0.4, 0.5) is 31.8 Å². The van der Waals surface area contributed by atoms with Crippen LogP contribution in [0.15, 0.2) is 48.8 Å². The van der Waals surface area contributed by atoms with E-state index in [4.69, 9.17) is 11.6 Å². The number of hydrogen-bond donors (Lipinski definition) is 3. The third kappa shape index (κ3) is 4.71. The minimum absolute atomic E-state index is 0.202. The molecule has 0 radical (unpaired) electrons. The van der Waals surface area contributed by atoms with E-state index in [-0.39, 0.29) is 22.9 Å².